The predicted octanol–water partition coefficient (Wildman–Crippen LogP) is 1.73. The molecule has 1 aromatic carbocycles. The number of hydrogen-bond acceptors (Lipinski definition) is 6. The maximum atomic E-state index is 12.5. The molecule has 0 bridgehead atoms. The van der Waals surface area contributed by atoms with Gasteiger partial charge in [-0.1, -0.05) is 18.2 Å². The minimum Gasteiger partial charge on any atom is -0.458 e. The molecule has 0 spiro atoms. The molecule has 146 valence electrons. The lowest BCUT2D eigenvalue weighted by molar-refractivity contribution is -0.149. The van der Waals surface area contributed by atoms with Gasteiger partial charge in [-0.2, -0.15) is 0 Å². The summed E-state index contributed by atoms with van der Waals surface area (Å²) in [5, 5.41) is 0. The first-order chi connectivity index (χ1) is 13.9. The highest BCUT2D eigenvalue weighted by molar-refractivity contribution is 6.22. The molecule has 1 aliphatic rings. The Bertz CT molecular complexity index is 1200. The molecular formula is C21H17N3O5. The van der Waals surface area contributed by atoms with E-state index in [-0.39, 0.29) is 29.0 Å². The number of rotatable bonds is 4. The molecule has 2 amide bonds. The van der Waals surface area contributed by atoms with Crippen LogP contribution in [0.2, 0.25) is 0 Å². The van der Waals surface area contributed by atoms with Crippen molar-refractivity contribution in [3.63, 3.8) is 0 Å². The van der Waals surface area contributed by atoms with E-state index in [4.69, 9.17) is 4.74 Å². The van der Waals surface area contributed by atoms with Gasteiger partial charge in [-0.05, 0) is 38.1 Å². The van der Waals surface area contributed by atoms with Gasteiger partial charge in [0.15, 0.2) is 0 Å². The number of imide groups is 1. The average Bonchev–Trinajstić information content (AvgIpc) is 2.96. The maximum Gasteiger partial charge on any atom is 0.329 e. The maximum absolute atomic E-state index is 12.5. The van der Waals surface area contributed by atoms with Crippen molar-refractivity contribution >= 4 is 23.4 Å². The van der Waals surface area contributed by atoms with Crippen molar-refractivity contribution in [3.8, 4) is 0 Å². The van der Waals surface area contributed by atoms with Crippen LogP contribution in [0.4, 0.5) is 0 Å². The molecule has 3 aromatic rings. The van der Waals surface area contributed by atoms with E-state index in [1.165, 1.54) is 17.4 Å². The molecule has 4 rings (SSSR count). The van der Waals surface area contributed by atoms with E-state index in [0.29, 0.717) is 5.65 Å². The van der Waals surface area contributed by atoms with Crippen molar-refractivity contribution in [2.24, 2.45) is 0 Å². The lowest BCUT2D eigenvalue weighted by atomic mass is 10.1. The lowest BCUT2D eigenvalue weighted by Gasteiger charge is -2.20. The molecule has 8 nitrogen and oxygen atoms in total. The monoisotopic (exact) mass is 391 g/mol. The molecule has 0 N–H and O–H groups in total. The largest absolute Gasteiger partial charge is 0.458 e. The van der Waals surface area contributed by atoms with Crippen LogP contribution in [0.5, 0.6) is 0 Å². The van der Waals surface area contributed by atoms with Crippen LogP contribution in [0.3, 0.4) is 0 Å². The van der Waals surface area contributed by atoms with Gasteiger partial charge in [-0.3, -0.25) is 23.7 Å². The Kier molecular flexibility index (Phi) is 4.46. The van der Waals surface area contributed by atoms with Crippen molar-refractivity contribution in [3.05, 3.63) is 81.4 Å². The summed E-state index contributed by atoms with van der Waals surface area (Å²) in [4.78, 5) is 55.0. The van der Waals surface area contributed by atoms with E-state index >= 15 is 0 Å². The molecule has 0 radical (unpaired) electrons. The summed E-state index contributed by atoms with van der Waals surface area (Å²) in [5.74, 6) is -1.83. The van der Waals surface area contributed by atoms with Gasteiger partial charge >= 0.3 is 5.97 Å². The lowest BCUT2D eigenvalue weighted by Crippen LogP contribution is -2.43. The van der Waals surface area contributed by atoms with Crippen LogP contribution in [-0.2, 0) is 16.1 Å². The second kappa shape index (κ2) is 6.97. The molecule has 0 unspecified atom stereocenters. The van der Waals surface area contributed by atoms with Crippen molar-refractivity contribution in [1.29, 1.82) is 0 Å². The molecule has 1 atom stereocenters. The Morgan fingerprint density at radius 3 is 2.34 bits per heavy atom. The van der Waals surface area contributed by atoms with E-state index in [0.717, 1.165) is 10.6 Å². The number of aryl methyl sites for hydroxylation is 1. The van der Waals surface area contributed by atoms with E-state index in [9.17, 15) is 19.2 Å². The molecule has 29 heavy (non-hydrogen) atoms. The van der Waals surface area contributed by atoms with Crippen LogP contribution in [0, 0.1) is 6.92 Å². The molecule has 1 aliphatic heterocycles. The number of aromatic nitrogens is 2. The Morgan fingerprint density at radius 2 is 1.69 bits per heavy atom. The number of benzene rings is 1. The minimum absolute atomic E-state index is 0.244. The van der Waals surface area contributed by atoms with Gasteiger partial charge in [-0.15, -0.1) is 0 Å². The number of amides is 2. The summed E-state index contributed by atoms with van der Waals surface area (Å²) >= 11 is 0. The molecule has 3 heterocycles. The molecule has 0 saturated heterocycles. The highest BCUT2D eigenvalue weighted by atomic mass is 16.5. The standard InChI is InChI=1S/C21H17N3O5/c1-12-6-5-9-17-22-14(10-18(25)23(12)17)11-29-21(28)13(2)24-19(26)15-7-3-4-8-16(15)20(24)27/h3-10,13H,11H2,1-2H3/t13-/m1/s1. The number of carbonyl (C=O) groups is 3. The number of nitrogens with zero attached hydrogens (tertiary/aromatic N) is 3. The van der Waals surface area contributed by atoms with Crippen LogP contribution in [0.25, 0.3) is 5.65 Å². The summed E-state index contributed by atoms with van der Waals surface area (Å²) in [6.45, 7) is 2.97. The van der Waals surface area contributed by atoms with E-state index in [1.807, 2.05) is 0 Å². The number of fused-ring (bicyclic) bond motifs is 2. The molecular weight excluding hydrogens is 374 g/mol. The second-order valence-corrected chi connectivity index (χ2v) is 6.76. The van der Waals surface area contributed by atoms with E-state index < -0.39 is 23.8 Å². The highest BCUT2D eigenvalue weighted by Crippen LogP contribution is 2.24. The van der Waals surface area contributed by atoms with Gasteiger partial charge < -0.3 is 4.74 Å². The zero-order chi connectivity index (χ0) is 20.7. The van der Waals surface area contributed by atoms with Gasteiger partial charge in [0.2, 0.25) is 0 Å². The van der Waals surface area contributed by atoms with Gasteiger partial charge in [0.25, 0.3) is 17.4 Å². The van der Waals surface area contributed by atoms with Crippen molar-refractivity contribution in [2.75, 3.05) is 0 Å². The number of pyridine rings is 1. The Balaban J connectivity index is 1.51. The SMILES string of the molecule is Cc1cccc2nc(COC(=O)[C@@H](C)N3C(=O)c4ccccc4C3=O)cc(=O)n12. The Labute approximate surface area is 165 Å². The molecule has 0 fully saturated rings. The number of carbonyl (C=O) groups excluding carboxylic acids is 3. The second-order valence-electron chi connectivity index (χ2n) is 6.76. The zero-order valence-corrected chi connectivity index (χ0v) is 15.8. The molecule has 2 aromatic heterocycles. The summed E-state index contributed by atoms with van der Waals surface area (Å²) in [6, 6.07) is 11.8. The first kappa shape index (κ1) is 18.5. The fraction of sp³-hybridized carbons (Fsp3) is 0.190. The zero-order valence-electron chi connectivity index (χ0n) is 15.8. The summed E-state index contributed by atoms with van der Waals surface area (Å²) in [7, 11) is 0. The summed E-state index contributed by atoms with van der Waals surface area (Å²) < 4.78 is 6.69. The quantitative estimate of drug-likeness (QED) is 0.496. The van der Waals surface area contributed by atoms with Crippen LogP contribution < -0.4 is 5.56 Å². The van der Waals surface area contributed by atoms with Crippen molar-refractivity contribution in [2.45, 2.75) is 26.5 Å². The van der Waals surface area contributed by atoms with Crippen LogP contribution >= 0.6 is 0 Å². The first-order valence-electron chi connectivity index (χ1n) is 9.00. The van der Waals surface area contributed by atoms with Gasteiger partial charge in [0, 0.05) is 11.8 Å². The Hall–Kier alpha value is -3.81. The normalized spacial score (nSPS) is 14.2. The third-order valence-electron chi connectivity index (χ3n) is 4.85. The number of ether oxygens (including phenoxy) is 1. The molecule has 0 aliphatic carbocycles. The molecule has 8 heteroatoms. The van der Waals surface area contributed by atoms with Gasteiger partial charge in [0.05, 0.1) is 16.8 Å². The average molecular weight is 391 g/mol. The van der Waals surface area contributed by atoms with Crippen molar-refractivity contribution in [1.82, 2.24) is 14.3 Å². The molecule has 0 saturated carbocycles. The van der Waals surface area contributed by atoms with Crippen LogP contribution in [-0.4, -0.2) is 38.1 Å². The van der Waals surface area contributed by atoms with Crippen LogP contribution in [0.15, 0.2) is 53.3 Å². The van der Waals surface area contributed by atoms with E-state index in [1.54, 1.807) is 49.4 Å². The fourth-order valence-electron chi connectivity index (χ4n) is 3.37. The topological polar surface area (TPSA) is 98.0 Å². The highest BCUT2D eigenvalue weighted by Gasteiger charge is 2.41. The first-order valence-corrected chi connectivity index (χ1v) is 9.00. The van der Waals surface area contributed by atoms with Gasteiger partial charge in [0.1, 0.15) is 18.3 Å². The summed E-state index contributed by atoms with van der Waals surface area (Å²) in [6.07, 6.45) is 0. The predicted molar refractivity (Wildman–Crippen MR) is 102 cm³/mol. The smallest absolute Gasteiger partial charge is 0.329 e. The fourth-order valence-corrected chi connectivity index (χ4v) is 3.37. The Morgan fingerprint density at radius 1 is 1.03 bits per heavy atom. The van der Waals surface area contributed by atoms with E-state index in [2.05, 4.69) is 4.98 Å². The third-order valence-corrected chi connectivity index (χ3v) is 4.85. The number of esters is 1. The van der Waals surface area contributed by atoms with Gasteiger partial charge in [-0.25, -0.2) is 9.78 Å². The minimum atomic E-state index is -1.11. The van der Waals surface area contributed by atoms with Crippen LogP contribution in [0.1, 0.15) is 39.0 Å². The number of hydrogen-bond donors (Lipinski definition) is 0. The third kappa shape index (κ3) is 3.08. The van der Waals surface area contributed by atoms with Crippen molar-refractivity contribution < 1.29 is 19.1 Å². The summed E-state index contributed by atoms with van der Waals surface area (Å²) in [5.41, 5.74) is 1.70.